The topological polar surface area (TPSA) is 17.1 Å². The number of carbonyl (C=O) groups is 1. The van der Waals surface area contributed by atoms with Gasteiger partial charge in [-0.2, -0.15) is 0 Å². The first-order chi connectivity index (χ1) is 7.34. The maximum absolute atomic E-state index is 11.7. The lowest BCUT2D eigenvalue weighted by molar-refractivity contribution is 0.0984. The monoisotopic (exact) mass is 216 g/mol. The summed E-state index contributed by atoms with van der Waals surface area (Å²) in [6.45, 7) is 0. The zero-order chi connectivity index (χ0) is 10.3. The maximum Gasteiger partial charge on any atom is 0.164 e. The molecule has 1 aromatic rings. The van der Waals surface area contributed by atoms with Gasteiger partial charge in [0, 0.05) is 22.6 Å². The lowest BCUT2D eigenvalue weighted by Gasteiger charge is -2.18. The summed E-state index contributed by atoms with van der Waals surface area (Å²) in [5, 5.41) is 0. The molecule has 0 unspecified atom stereocenters. The molecule has 0 amide bonds. The van der Waals surface area contributed by atoms with E-state index in [4.69, 9.17) is 0 Å². The van der Waals surface area contributed by atoms with E-state index in [-0.39, 0.29) is 0 Å². The molecule has 0 fully saturated rings. The van der Waals surface area contributed by atoms with Gasteiger partial charge in [0.15, 0.2) is 5.78 Å². The van der Waals surface area contributed by atoms with Crippen LogP contribution in [0.25, 0.3) is 6.08 Å². The fraction of sp³-hybridized carbons (Fsp3) is 0.308. The summed E-state index contributed by atoms with van der Waals surface area (Å²) in [7, 11) is 0. The minimum atomic E-state index is 0.311. The van der Waals surface area contributed by atoms with Crippen LogP contribution < -0.4 is 0 Å². The van der Waals surface area contributed by atoms with Gasteiger partial charge >= 0.3 is 0 Å². The van der Waals surface area contributed by atoms with Crippen LogP contribution in [0.2, 0.25) is 0 Å². The largest absolute Gasteiger partial charge is 0.294 e. The molecule has 1 aromatic carbocycles. The second-order valence-electron chi connectivity index (χ2n) is 4.01. The molecule has 0 aromatic heterocycles. The van der Waals surface area contributed by atoms with E-state index in [1.165, 1.54) is 16.0 Å². The third kappa shape index (κ3) is 1.53. The van der Waals surface area contributed by atoms with Gasteiger partial charge in [-0.05, 0) is 36.1 Å². The van der Waals surface area contributed by atoms with Crippen LogP contribution in [0.1, 0.15) is 34.3 Å². The number of aryl methyl sites for hydroxylation is 1. The quantitative estimate of drug-likeness (QED) is 0.661. The number of ketones is 1. The van der Waals surface area contributed by atoms with Crippen LogP contribution in [0.15, 0.2) is 23.1 Å². The molecule has 0 saturated heterocycles. The Balaban J connectivity index is 2.18. The van der Waals surface area contributed by atoms with Gasteiger partial charge in [0.2, 0.25) is 0 Å². The van der Waals surface area contributed by atoms with Crippen LogP contribution in [0.3, 0.4) is 0 Å². The lowest BCUT2D eigenvalue weighted by Crippen LogP contribution is -2.10. The Hall–Kier alpha value is -1.02. The molecule has 2 heteroatoms. The van der Waals surface area contributed by atoms with Crippen LogP contribution in [0.4, 0.5) is 0 Å². The van der Waals surface area contributed by atoms with Gasteiger partial charge in [0.1, 0.15) is 0 Å². The molecule has 0 spiro atoms. The molecule has 0 N–H and O–H groups in total. The van der Waals surface area contributed by atoms with E-state index in [0.717, 1.165) is 24.2 Å². The standard InChI is InChI=1S/C13H12OS/c14-12-5-6-15-13-8-10-4-2-1-3-9(10)7-11(12)13/h1,3,7-8H,2,4-6H2. The van der Waals surface area contributed by atoms with Gasteiger partial charge in [-0.15, -0.1) is 11.8 Å². The van der Waals surface area contributed by atoms with Gasteiger partial charge in [-0.3, -0.25) is 4.79 Å². The highest BCUT2D eigenvalue weighted by Gasteiger charge is 2.19. The summed E-state index contributed by atoms with van der Waals surface area (Å²) in [6, 6.07) is 4.30. The van der Waals surface area contributed by atoms with E-state index >= 15 is 0 Å². The average molecular weight is 216 g/mol. The van der Waals surface area contributed by atoms with E-state index in [9.17, 15) is 4.79 Å². The highest BCUT2D eigenvalue weighted by molar-refractivity contribution is 7.99. The van der Waals surface area contributed by atoms with Crippen LogP contribution in [-0.4, -0.2) is 11.5 Å². The molecule has 1 aliphatic heterocycles. The van der Waals surface area contributed by atoms with Crippen molar-refractivity contribution in [3.05, 3.63) is 34.9 Å². The average Bonchev–Trinajstić information content (AvgIpc) is 2.27. The first kappa shape index (κ1) is 9.22. The summed E-state index contributed by atoms with van der Waals surface area (Å²) < 4.78 is 0. The van der Waals surface area contributed by atoms with Crippen molar-refractivity contribution >= 4 is 23.6 Å². The summed E-state index contributed by atoms with van der Waals surface area (Å²) in [6.07, 6.45) is 7.28. The van der Waals surface area contributed by atoms with Gasteiger partial charge < -0.3 is 0 Å². The van der Waals surface area contributed by atoms with Crippen molar-refractivity contribution in [2.24, 2.45) is 0 Å². The smallest absolute Gasteiger partial charge is 0.164 e. The molecular formula is C13H12OS. The van der Waals surface area contributed by atoms with Crippen molar-refractivity contribution in [3.63, 3.8) is 0 Å². The molecule has 3 rings (SSSR count). The molecule has 1 aliphatic carbocycles. The van der Waals surface area contributed by atoms with Crippen molar-refractivity contribution in [3.8, 4) is 0 Å². The Bertz CT molecular complexity index is 460. The minimum absolute atomic E-state index is 0.311. The number of hydrogen-bond donors (Lipinski definition) is 0. The number of carbonyl (C=O) groups excluding carboxylic acids is 1. The van der Waals surface area contributed by atoms with Crippen molar-refractivity contribution in [2.75, 3.05) is 5.75 Å². The van der Waals surface area contributed by atoms with Gasteiger partial charge in [0.05, 0.1) is 0 Å². The fourth-order valence-corrected chi connectivity index (χ4v) is 3.25. The number of Topliss-reactive ketones (excluding diaryl/α,β-unsaturated/α-hetero) is 1. The van der Waals surface area contributed by atoms with Crippen molar-refractivity contribution in [1.82, 2.24) is 0 Å². The normalized spacial score (nSPS) is 18.5. The highest BCUT2D eigenvalue weighted by Crippen LogP contribution is 2.34. The first-order valence-electron chi connectivity index (χ1n) is 5.34. The molecule has 1 nitrogen and oxygen atoms in total. The summed E-state index contributed by atoms with van der Waals surface area (Å²) in [5.41, 5.74) is 3.59. The Kier molecular flexibility index (Phi) is 2.17. The maximum atomic E-state index is 11.7. The fourth-order valence-electron chi connectivity index (χ4n) is 2.19. The molecule has 1 heterocycles. The van der Waals surface area contributed by atoms with Crippen LogP contribution in [-0.2, 0) is 6.42 Å². The number of fused-ring (bicyclic) bond motifs is 2. The van der Waals surface area contributed by atoms with Crippen molar-refractivity contribution < 1.29 is 4.79 Å². The number of thioether (sulfide) groups is 1. The lowest BCUT2D eigenvalue weighted by atomic mass is 9.94. The molecule has 2 aliphatic rings. The number of allylic oxidation sites excluding steroid dienone is 1. The van der Waals surface area contributed by atoms with Crippen LogP contribution in [0.5, 0.6) is 0 Å². The Morgan fingerprint density at radius 2 is 2.13 bits per heavy atom. The first-order valence-corrected chi connectivity index (χ1v) is 6.32. The second kappa shape index (κ2) is 3.53. The summed E-state index contributed by atoms with van der Waals surface area (Å²) in [4.78, 5) is 12.9. The van der Waals surface area contributed by atoms with Gasteiger partial charge in [-0.1, -0.05) is 12.2 Å². The number of hydrogen-bond acceptors (Lipinski definition) is 2. The highest BCUT2D eigenvalue weighted by atomic mass is 32.2. The van der Waals surface area contributed by atoms with Crippen LogP contribution in [0, 0.1) is 0 Å². The van der Waals surface area contributed by atoms with E-state index in [1.54, 1.807) is 0 Å². The number of benzene rings is 1. The molecule has 15 heavy (non-hydrogen) atoms. The molecule has 0 saturated carbocycles. The second-order valence-corrected chi connectivity index (χ2v) is 5.15. The van der Waals surface area contributed by atoms with E-state index in [1.807, 2.05) is 11.8 Å². The summed E-state index contributed by atoms with van der Waals surface area (Å²) in [5.74, 6) is 1.26. The third-order valence-corrected chi connectivity index (χ3v) is 4.06. The molecule has 76 valence electrons. The molecular weight excluding hydrogens is 204 g/mol. The zero-order valence-electron chi connectivity index (χ0n) is 8.45. The molecule has 0 bridgehead atoms. The van der Waals surface area contributed by atoms with E-state index in [2.05, 4.69) is 24.3 Å². The number of rotatable bonds is 0. The van der Waals surface area contributed by atoms with Gasteiger partial charge in [-0.25, -0.2) is 0 Å². The predicted molar refractivity (Wildman–Crippen MR) is 63.5 cm³/mol. The van der Waals surface area contributed by atoms with E-state index < -0.39 is 0 Å². The Morgan fingerprint density at radius 3 is 3.07 bits per heavy atom. The molecule has 0 atom stereocenters. The van der Waals surface area contributed by atoms with Crippen molar-refractivity contribution in [1.29, 1.82) is 0 Å². The van der Waals surface area contributed by atoms with E-state index in [0.29, 0.717) is 12.2 Å². The Labute approximate surface area is 93.6 Å². The van der Waals surface area contributed by atoms with Crippen molar-refractivity contribution in [2.45, 2.75) is 24.2 Å². The SMILES string of the molecule is O=C1CCSc2cc3c(cc21)C=CCC3. The van der Waals surface area contributed by atoms with Gasteiger partial charge in [0.25, 0.3) is 0 Å². The summed E-state index contributed by atoms with van der Waals surface area (Å²) >= 11 is 1.82. The van der Waals surface area contributed by atoms with Crippen LogP contribution >= 0.6 is 11.8 Å². The predicted octanol–water partition coefficient (Wildman–Crippen LogP) is 3.32. The molecule has 0 radical (unpaired) electrons. The third-order valence-electron chi connectivity index (χ3n) is 3.01. The Morgan fingerprint density at radius 1 is 1.20 bits per heavy atom. The minimum Gasteiger partial charge on any atom is -0.294 e. The zero-order valence-corrected chi connectivity index (χ0v) is 9.27.